The van der Waals surface area contributed by atoms with Gasteiger partial charge in [-0.25, -0.2) is 8.78 Å². The second-order valence-corrected chi connectivity index (χ2v) is 4.18. The Morgan fingerprint density at radius 3 is 2.56 bits per heavy atom. The van der Waals surface area contributed by atoms with Crippen LogP contribution < -0.4 is 5.73 Å². The maximum atomic E-state index is 13.5. The van der Waals surface area contributed by atoms with Crippen LogP contribution in [-0.2, 0) is 10.2 Å². The predicted octanol–water partition coefficient (Wildman–Crippen LogP) is 1.41. The highest BCUT2D eigenvalue weighted by Crippen LogP contribution is 2.44. The molecule has 3 nitrogen and oxygen atoms in total. The third kappa shape index (κ3) is 1.48. The molecule has 3 N–H and O–H groups in total. The molecule has 0 unspecified atom stereocenters. The molecule has 0 spiro atoms. The lowest BCUT2D eigenvalue weighted by molar-refractivity contribution is -0.148. The third-order valence-corrected chi connectivity index (χ3v) is 3.07. The Kier molecular flexibility index (Phi) is 2.42. The number of hydrogen-bond acceptors (Lipinski definition) is 2. The fraction of sp³-hybridized carbons (Fsp3) is 0.364. The van der Waals surface area contributed by atoms with Crippen LogP contribution in [0.1, 0.15) is 18.4 Å². The smallest absolute Gasteiger partial charge is 0.314 e. The molecule has 1 saturated carbocycles. The molecule has 1 aromatic carbocycles. The van der Waals surface area contributed by atoms with Crippen molar-refractivity contribution in [2.75, 3.05) is 0 Å². The van der Waals surface area contributed by atoms with E-state index in [4.69, 9.17) is 10.8 Å². The molecule has 0 amide bonds. The first-order valence-corrected chi connectivity index (χ1v) is 4.90. The Morgan fingerprint density at radius 1 is 1.44 bits per heavy atom. The normalized spacial score (nSPS) is 28.6. The van der Waals surface area contributed by atoms with Gasteiger partial charge in [-0.05, 0) is 31.0 Å². The van der Waals surface area contributed by atoms with Crippen LogP contribution in [0.4, 0.5) is 8.78 Å². The first kappa shape index (κ1) is 11.0. The number of carboxylic acids is 1. The van der Waals surface area contributed by atoms with Gasteiger partial charge < -0.3 is 10.8 Å². The van der Waals surface area contributed by atoms with Crippen molar-refractivity contribution < 1.29 is 18.7 Å². The molecule has 0 aliphatic heterocycles. The van der Waals surface area contributed by atoms with E-state index in [0.717, 1.165) is 18.2 Å². The number of carboxylic acid groups (broad SMARTS) is 1. The average molecular weight is 227 g/mol. The van der Waals surface area contributed by atoms with Gasteiger partial charge in [-0.1, -0.05) is 0 Å². The van der Waals surface area contributed by atoms with Crippen LogP contribution in [0.2, 0.25) is 0 Å². The van der Waals surface area contributed by atoms with Crippen LogP contribution in [0, 0.1) is 11.6 Å². The zero-order valence-corrected chi connectivity index (χ0v) is 8.41. The molecule has 16 heavy (non-hydrogen) atoms. The minimum Gasteiger partial charge on any atom is -0.481 e. The van der Waals surface area contributed by atoms with Gasteiger partial charge in [-0.3, -0.25) is 4.79 Å². The van der Waals surface area contributed by atoms with E-state index in [1.54, 1.807) is 0 Å². The number of halogens is 2. The first-order chi connectivity index (χ1) is 7.45. The van der Waals surface area contributed by atoms with E-state index in [9.17, 15) is 13.6 Å². The Hall–Kier alpha value is -1.49. The highest BCUT2D eigenvalue weighted by Gasteiger charge is 2.51. The van der Waals surface area contributed by atoms with E-state index in [2.05, 4.69) is 0 Å². The van der Waals surface area contributed by atoms with Crippen molar-refractivity contribution in [3.05, 3.63) is 35.4 Å². The topological polar surface area (TPSA) is 63.3 Å². The molecule has 1 aliphatic rings. The average Bonchev–Trinajstić information content (AvgIpc) is 2.16. The summed E-state index contributed by atoms with van der Waals surface area (Å²) in [5.41, 5.74) is 4.07. The van der Waals surface area contributed by atoms with Crippen molar-refractivity contribution in [1.82, 2.24) is 0 Å². The molecule has 0 bridgehead atoms. The molecule has 86 valence electrons. The molecule has 1 fully saturated rings. The molecule has 0 aromatic heterocycles. The monoisotopic (exact) mass is 227 g/mol. The van der Waals surface area contributed by atoms with Gasteiger partial charge >= 0.3 is 5.97 Å². The third-order valence-electron chi connectivity index (χ3n) is 3.07. The van der Waals surface area contributed by atoms with Crippen LogP contribution in [0.5, 0.6) is 0 Å². The largest absolute Gasteiger partial charge is 0.481 e. The summed E-state index contributed by atoms with van der Waals surface area (Å²) in [6.07, 6.45) is 0.283. The molecule has 0 atom stereocenters. The molecule has 2 rings (SSSR count). The molecular weight excluding hydrogens is 216 g/mol. The Morgan fingerprint density at radius 2 is 2.06 bits per heavy atom. The number of aliphatic carboxylic acids is 1. The maximum Gasteiger partial charge on any atom is 0.314 e. The predicted molar refractivity (Wildman–Crippen MR) is 52.9 cm³/mol. The number of rotatable bonds is 2. The number of benzene rings is 1. The molecule has 1 aliphatic carbocycles. The Balaban J connectivity index is 2.48. The van der Waals surface area contributed by atoms with Gasteiger partial charge in [-0.15, -0.1) is 0 Å². The first-order valence-electron chi connectivity index (χ1n) is 4.90. The van der Waals surface area contributed by atoms with Crippen LogP contribution in [0.3, 0.4) is 0 Å². The lowest BCUT2D eigenvalue weighted by Crippen LogP contribution is -2.54. The lowest BCUT2D eigenvalue weighted by atomic mass is 9.61. The zero-order chi connectivity index (χ0) is 11.9. The molecule has 0 radical (unpaired) electrons. The van der Waals surface area contributed by atoms with E-state index in [1.165, 1.54) is 0 Å². The standard InChI is InChI=1S/C11H11F2NO2/c12-6-1-2-9(13)8(3-6)11(10(15)16)4-7(14)5-11/h1-3,7H,4-5,14H2,(H,15,16). The van der Waals surface area contributed by atoms with Crippen LogP contribution in [0.25, 0.3) is 0 Å². The van der Waals surface area contributed by atoms with Crippen LogP contribution in [-0.4, -0.2) is 17.1 Å². The molecule has 1 aromatic rings. The van der Waals surface area contributed by atoms with Crippen molar-refractivity contribution in [3.63, 3.8) is 0 Å². The summed E-state index contributed by atoms with van der Waals surface area (Å²) >= 11 is 0. The minimum absolute atomic E-state index is 0.110. The summed E-state index contributed by atoms with van der Waals surface area (Å²) in [5.74, 6) is -2.49. The van der Waals surface area contributed by atoms with Gasteiger partial charge in [0.1, 0.15) is 11.6 Å². The second-order valence-electron chi connectivity index (χ2n) is 4.18. The van der Waals surface area contributed by atoms with E-state index >= 15 is 0 Å². The summed E-state index contributed by atoms with van der Waals surface area (Å²) in [7, 11) is 0. The summed E-state index contributed by atoms with van der Waals surface area (Å²) in [6, 6.07) is 2.58. The summed E-state index contributed by atoms with van der Waals surface area (Å²) in [4.78, 5) is 11.2. The van der Waals surface area contributed by atoms with Gasteiger partial charge in [0.25, 0.3) is 0 Å². The van der Waals surface area contributed by atoms with Gasteiger partial charge in [0.2, 0.25) is 0 Å². The zero-order valence-electron chi connectivity index (χ0n) is 8.41. The fourth-order valence-electron chi connectivity index (χ4n) is 2.21. The maximum absolute atomic E-state index is 13.5. The van der Waals surface area contributed by atoms with Gasteiger partial charge in [0, 0.05) is 11.6 Å². The van der Waals surface area contributed by atoms with Crippen molar-refractivity contribution in [2.45, 2.75) is 24.3 Å². The van der Waals surface area contributed by atoms with Crippen LogP contribution >= 0.6 is 0 Å². The van der Waals surface area contributed by atoms with E-state index in [0.29, 0.717) is 0 Å². The van der Waals surface area contributed by atoms with E-state index in [1.807, 2.05) is 0 Å². The summed E-state index contributed by atoms with van der Waals surface area (Å²) in [6.45, 7) is 0. The van der Waals surface area contributed by atoms with E-state index < -0.39 is 23.0 Å². The Labute approximate surface area is 90.9 Å². The number of nitrogens with two attached hydrogens (primary N) is 1. The lowest BCUT2D eigenvalue weighted by Gasteiger charge is -2.43. The molecule has 0 heterocycles. The second kappa shape index (κ2) is 3.52. The summed E-state index contributed by atoms with van der Waals surface area (Å²) in [5, 5.41) is 9.13. The van der Waals surface area contributed by atoms with E-state index in [-0.39, 0.29) is 24.4 Å². The fourth-order valence-corrected chi connectivity index (χ4v) is 2.21. The SMILES string of the molecule is NC1CC(C(=O)O)(c2cc(F)ccc2F)C1. The van der Waals surface area contributed by atoms with Crippen molar-refractivity contribution >= 4 is 5.97 Å². The van der Waals surface area contributed by atoms with Gasteiger partial charge in [0.05, 0.1) is 5.41 Å². The molecule has 0 saturated heterocycles. The summed E-state index contributed by atoms with van der Waals surface area (Å²) < 4.78 is 26.5. The van der Waals surface area contributed by atoms with Crippen molar-refractivity contribution in [1.29, 1.82) is 0 Å². The van der Waals surface area contributed by atoms with Crippen molar-refractivity contribution in [3.8, 4) is 0 Å². The molecular formula is C11H11F2NO2. The van der Waals surface area contributed by atoms with Gasteiger partial charge in [-0.2, -0.15) is 0 Å². The number of hydrogen-bond donors (Lipinski definition) is 2. The van der Waals surface area contributed by atoms with Crippen LogP contribution in [0.15, 0.2) is 18.2 Å². The molecule has 5 heteroatoms. The highest BCUT2D eigenvalue weighted by atomic mass is 19.1. The highest BCUT2D eigenvalue weighted by molar-refractivity contribution is 5.83. The minimum atomic E-state index is -1.36. The number of carbonyl (C=O) groups is 1. The quantitative estimate of drug-likeness (QED) is 0.802. The Bertz CT molecular complexity index is 442. The van der Waals surface area contributed by atoms with Crippen molar-refractivity contribution in [2.24, 2.45) is 5.73 Å². The van der Waals surface area contributed by atoms with Gasteiger partial charge in [0.15, 0.2) is 0 Å².